The van der Waals surface area contributed by atoms with Crippen molar-refractivity contribution >= 4 is 21.6 Å². The van der Waals surface area contributed by atoms with Crippen LogP contribution >= 0.6 is 15.9 Å². The molecule has 4 heteroatoms. The van der Waals surface area contributed by atoms with Gasteiger partial charge in [-0.1, -0.05) is 30.3 Å². The lowest BCUT2D eigenvalue weighted by molar-refractivity contribution is 0.621. The summed E-state index contributed by atoms with van der Waals surface area (Å²) >= 11 is 3.17. The van der Waals surface area contributed by atoms with Crippen molar-refractivity contribution < 1.29 is 4.39 Å². The molecule has 0 aliphatic heterocycles. The van der Waals surface area contributed by atoms with Gasteiger partial charge in [0, 0.05) is 12.2 Å². The molecule has 94 valence electrons. The third-order valence-electron chi connectivity index (χ3n) is 2.70. The van der Waals surface area contributed by atoms with Crippen LogP contribution in [0.5, 0.6) is 0 Å². The van der Waals surface area contributed by atoms with Gasteiger partial charge in [-0.15, -0.1) is 0 Å². The summed E-state index contributed by atoms with van der Waals surface area (Å²) in [5, 5.41) is 3.29. The second kappa shape index (κ2) is 5.98. The SMILES string of the molecule is NCC(Nc1ccc(F)c(Br)c1)c1ccccc1. The number of hydrogen-bond acceptors (Lipinski definition) is 2. The van der Waals surface area contributed by atoms with Gasteiger partial charge >= 0.3 is 0 Å². The average molecular weight is 309 g/mol. The zero-order valence-corrected chi connectivity index (χ0v) is 11.3. The molecule has 3 N–H and O–H groups in total. The third-order valence-corrected chi connectivity index (χ3v) is 3.31. The summed E-state index contributed by atoms with van der Waals surface area (Å²) in [5.74, 6) is -0.274. The second-order valence-electron chi connectivity index (χ2n) is 3.97. The molecule has 18 heavy (non-hydrogen) atoms. The predicted octanol–water partition coefficient (Wildman–Crippen LogP) is 3.70. The van der Waals surface area contributed by atoms with E-state index in [2.05, 4.69) is 21.2 Å². The van der Waals surface area contributed by atoms with Crippen LogP contribution in [-0.4, -0.2) is 6.54 Å². The van der Waals surface area contributed by atoms with E-state index in [0.717, 1.165) is 11.3 Å². The maximum atomic E-state index is 13.1. The van der Waals surface area contributed by atoms with Crippen LogP contribution in [0.1, 0.15) is 11.6 Å². The predicted molar refractivity (Wildman–Crippen MR) is 76.0 cm³/mol. The van der Waals surface area contributed by atoms with Crippen molar-refractivity contribution in [2.24, 2.45) is 5.73 Å². The molecule has 0 saturated heterocycles. The Kier molecular flexibility index (Phi) is 4.33. The van der Waals surface area contributed by atoms with Crippen LogP contribution in [0.25, 0.3) is 0 Å². The van der Waals surface area contributed by atoms with E-state index in [1.54, 1.807) is 12.1 Å². The molecular formula is C14H14BrFN2. The van der Waals surface area contributed by atoms with Gasteiger partial charge in [-0.2, -0.15) is 0 Å². The molecule has 2 aromatic rings. The highest BCUT2D eigenvalue weighted by Gasteiger charge is 2.09. The first-order valence-electron chi connectivity index (χ1n) is 5.67. The van der Waals surface area contributed by atoms with Crippen molar-refractivity contribution in [2.75, 3.05) is 11.9 Å². The first-order valence-corrected chi connectivity index (χ1v) is 6.46. The van der Waals surface area contributed by atoms with Crippen molar-refractivity contribution in [1.29, 1.82) is 0 Å². The smallest absolute Gasteiger partial charge is 0.137 e. The molecule has 0 spiro atoms. The summed E-state index contributed by atoms with van der Waals surface area (Å²) in [6.45, 7) is 0.471. The fourth-order valence-corrected chi connectivity index (χ4v) is 2.13. The number of nitrogens with one attached hydrogen (secondary N) is 1. The summed E-state index contributed by atoms with van der Waals surface area (Å²) in [6, 6.07) is 14.8. The quantitative estimate of drug-likeness (QED) is 0.904. The van der Waals surface area contributed by atoms with Gasteiger partial charge in [0.2, 0.25) is 0 Å². The van der Waals surface area contributed by atoms with Crippen LogP contribution in [0, 0.1) is 5.82 Å². The Morgan fingerprint density at radius 3 is 2.50 bits per heavy atom. The molecule has 1 unspecified atom stereocenters. The number of hydrogen-bond donors (Lipinski definition) is 2. The molecule has 0 radical (unpaired) electrons. The molecule has 2 nitrogen and oxygen atoms in total. The number of halogens is 2. The fraction of sp³-hybridized carbons (Fsp3) is 0.143. The van der Waals surface area contributed by atoms with E-state index in [0.29, 0.717) is 11.0 Å². The molecule has 0 aromatic heterocycles. The lowest BCUT2D eigenvalue weighted by Crippen LogP contribution is -2.20. The van der Waals surface area contributed by atoms with Crippen LogP contribution in [0.15, 0.2) is 53.0 Å². The van der Waals surface area contributed by atoms with Gasteiger partial charge in [-0.25, -0.2) is 4.39 Å². The molecule has 2 aromatic carbocycles. The molecule has 0 saturated carbocycles. The Labute approximate surface area is 114 Å². The lowest BCUT2D eigenvalue weighted by Gasteiger charge is -2.18. The second-order valence-corrected chi connectivity index (χ2v) is 4.83. The van der Waals surface area contributed by atoms with Crippen LogP contribution in [-0.2, 0) is 0 Å². The van der Waals surface area contributed by atoms with Crippen molar-refractivity contribution in [1.82, 2.24) is 0 Å². The van der Waals surface area contributed by atoms with E-state index in [9.17, 15) is 4.39 Å². The highest BCUT2D eigenvalue weighted by Crippen LogP contribution is 2.23. The fourth-order valence-electron chi connectivity index (χ4n) is 1.75. The van der Waals surface area contributed by atoms with Crippen LogP contribution in [0.4, 0.5) is 10.1 Å². The topological polar surface area (TPSA) is 38.0 Å². The Bertz CT molecular complexity index is 516. The van der Waals surface area contributed by atoms with E-state index in [4.69, 9.17) is 5.73 Å². The highest BCUT2D eigenvalue weighted by atomic mass is 79.9. The summed E-state index contributed by atoms with van der Waals surface area (Å²) in [4.78, 5) is 0. The molecule has 0 aliphatic carbocycles. The standard InChI is InChI=1S/C14H14BrFN2/c15-12-8-11(6-7-13(12)16)18-14(9-17)10-4-2-1-3-5-10/h1-8,14,18H,9,17H2. The maximum Gasteiger partial charge on any atom is 0.137 e. The Morgan fingerprint density at radius 2 is 1.89 bits per heavy atom. The van der Waals surface area contributed by atoms with Gasteiger partial charge < -0.3 is 11.1 Å². The Balaban J connectivity index is 2.18. The molecular weight excluding hydrogens is 295 g/mol. The lowest BCUT2D eigenvalue weighted by atomic mass is 10.1. The van der Waals surface area contributed by atoms with Crippen LogP contribution in [0.3, 0.4) is 0 Å². The van der Waals surface area contributed by atoms with Crippen molar-refractivity contribution in [3.63, 3.8) is 0 Å². The Morgan fingerprint density at radius 1 is 1.17 bits per heavy atom. The zero-order chi connectivity index (χ0) is 13.0. The third kappa shape index (κ3) is 3.09. The van der Waals surface area contributed by atoms with Crippen LogP contribution < -0.4 is 11.1 Å². The summed E-state index contributed by atoms with van der Waals surface area (Å²) in [5.41, 5.74) is 7.72. The Hall–Kier alpha value is -1.39. The van der Waals surface area contributed by atoms with E-state index in [1.807, 2.05) is 30.3 Å². The average Bonchev–Trinajstić information content (AvgIpc) is 2.41. The normalized spacial score (nSPS) is 12.2. The highest BCUT2D eigenvalue weighted by molar-refractivity contribution is 9.10. The molecule has 1 atom stereocenters. The minimum atomic E-state index is -0.274. The van der Waals surface area contributed by atoms with E-state index < -0.39 is 0 Å². The molecule has 0 bridgehead atoms. The van der Waals surface area contributed by atoms with E-state index in [-0.39, 0.29) is 11.9 Å². The molecule has 0 fully saturated rings. The maximum absolute atomic E-state index is 13.1. The number of nitrogens with two attached hydrogens (primary N) is 1. The molecule has 2 rings (SSSR count). The minimum absolute atomic E-state index is 0.0172. The first-order chi connectivity index (χ1) is 8.70. The largest absolute Gasteiger partial charge is 0.377 e. The van der Waals surface area contributed by atoms with Crippen molar-refractivity contribution in [2.45, 2.75) is 6.04 Å². The number of benzene rings is 2. The molecule has 0 amide bonds. The van der Waals surface area contributed by atoms with Gasteiger partial charge in [-0.3, -0.25) is 0 Å². The monoisotopic (exact) mass is 308 g/mol. The van der Waals surface area contributed by atoms with Gasteiger partial charge in [-0.05, 0) is 39.7 Å². The summed E-state index contributed by atoms with van der Waals surface area (Å²) in [7, 11) is 0. The number of rotatable bonds is 4. The first kappa shape index (κ1) is 13.1. The van der Waals surface area contributed by atoms with Crippen molar-refractivity contribution in [3.8, 4) is 0 Å². The van der Waals surface area contributed by atoms with Gasteiger partial charge in [0.05, 0.1) is 10.5 Å². The summed E-state index contributed by atoms with van der Waals surface area (Å²) in [6.07, 6.45) is 0. The van der Waals surface area contributed by atoms with Gasteiger partial charge in [0.15, 0.2) is 0 Å². The summed E-state index contributed by atoms with van der Waals surface area (Å²) < 4.78 is 13.6. The van der Waals surface area contributed by atoms with Crippen LogP contribution in [0.2, 0.25) is 0 Å². The van der Waals surface area contributed by atoms with Crippen molar-refractivity contribution in [3.05, 3.63) is 64.4 Å². The van der Waals surface area contributed by atoms with E-state index in [1.165, 1.54) is 6.07 Å². The van der Waals surface area contributed by atoms with E-state index >= 15 is 0 Å². The minimum Gasteiger partial charge on any atom is -0.377 e. The molecule has 0 heterocycles. The number of anilines is 1. The van der Waals surface area contributed by atoms with Gasteiger partial charge in [0.1, 0.15) is 5.82 Å². The zero-order valence-electron chi connectivity index (χ0n) is 9.74. The van der Waals surface area contributed by atoms with Gasteiger partial charge in [0.25, 0.3) is 0 Å². The molecule has 0 aliphatic rings.